The Bertz CT molecular complexity index is 1870. The zero-order valence-electron chi connectivity index (χ0n) is 21.5. The van der Waals surface area contributed by atoms with Gasteiger partial charge in [0.2, 0.25) is 0 Å². The van der Waals surface area contributed by atoms with Crippen molar-refractivity contribution in [1.29, 1.82) is 5.26 Å². The quantitative estimate of drug-likeness (QED) is 0.183. The van der Waals surface area contributed by atoms with E-state index in [-0.39, 0.29) is 0 Å². The van der Waals surface area contributed by atoms with Gasteiger partial charge in [0.25, 0.3) is 0 Å². The molecular formula is C36H27N3. The molecule has 0 amide bonds. The van der Waals surface area contributed by atoms with Gasteiger partial charge < -0.3 is 10.3 Å². The van der Waals surface area contributed by atoms with Crippen LogP contribution in [0.1, 0.15) is 5.56 Å². The molecule has 0 atom stereocenters. The minimum atomic E-state index is 0.566. The van der Waals surface area contributed by atoms with Crippen molar-refractivity contribution in [3.8, 4) is 34.0 Å². The summed E-state index contributed by atoms with van der Waals surface area (Å²) in [7, 11) is 0. The lowest BCUT2D eigenvalue weighted by Crippen LogP contribution is -1.93. The first-order valence-electron chi connectivity index (χ1n) is 13.0. The van der Waals surface area contributed by atoms with Gasteiger partial charge >= 0.3 is 0 Å². The van der Waals surface area contributed by atoms with Gasteiger partial charge in [-0.25, -0.2) is 0 Å². The number of nitrogens with two attached hydrogens (primary N) is 1. The number of allylic oxidation sites excluding steroid dienone is 3. The second-order valence-electron chi connectivity index (χ2n) is 9.53. The Morgan fingerprint density at radius 2 is 1.21 bits per heavy atom. The number of fused-ring (bicyclic) bond motifs is 3. The molecule has 5 aromatic carbocycles. The number of hydrogen-bond acceptors (Lipinski definition) is 2. The van der Waals surface area contributed by atoms with Crippen LogP contribution in [0.5, 0.6) is 0 Å². The van der Waals surface area contributed by atoms with Gasteiger partial charge in [-0.15, -0.1) is 0 Å². The van der Waals surface area contributed by atoms with Crippen LogP contribution < -0.4 is 5.73 Å². The number of benzene rings is 5. The van der Waals surface area contributed by atoms with Crippen molar-refractivity contribution >= 4 is 21.8 Å². The number of nitriles is 1. The van der Waals surface area contributed by atoms with Crippen LogP contribution in [0.25, 0.3) is 49.7 Å². The monoisotopic (exact) mass is 501 g/mol. The number of aromatic nitrogens is 1. The van der Waals surface area contributed by atoms with Crippen LogP contribution in [-0.2, 0) is 6.42 Å². The first kappa shape index (κ1) is 24.0. The van der Waals surface area contributed by atoms with E-state index in [9.17, 15) is 5.26 Å². The summed E-state index contributed by atoms with van der Waals surface area (Å²) in [5.74, 6) is 0. The van der Waals surface area contributed by atoms with Crippen LogP contribution in [0.4, 0.5) is 0 Å². The van der Waals surface area contributed by atoms with Gasteiger partial charge in [-0.1, -0.05) is 103 Å². The van der Waals surface area contributed by atoms with Gasteiger partial charge in [-0.2, -0.15) is 5.26 Å². The summed E-state index contributed by atoms with van der Waals surface area (Å²) in [4.78, 5) is 0. The predicted molar refractivity (Wildman–Crippen MR) is 162 cm³/mol. The molecule has 6 aromatic rings. The van der Waals surface area contributed by atoms with Crippen molar-refractivity contribution in [3.05, 3.63) is 151 Å². The van der Waals surface area contributed by atoms with Crippen molar-refractivity contribution in [2.24, 2.45) is 5.73 Å². The molecule has 0 fully saturated rings. The first-order chi connectivity index (χ1) is 19.2. The highest BCUT2D eigenvalue weighted by Crippen LogP contribution is 2.37. The Labute approximate surface area is 228 Å². The number of nitrogens with zero attached hydrogens (tertiary/aromatic N) is 2. The van der Waals surface area contributed by atoms with E-state index in [1.807, 2.05) is 6.08 Å². The van der Waals surface area contributed by atoms with Crippen LogP contribution >= 0.6 is 0 Å². The predicted octanol–water partition coefficient (Wildman–Crippen LogP) is 8.58. The van der Waals surface area contributed by atoms with Gasteiger partial charge in [0.1, 0.15) is 0 Å². The zero-order valence-corrected chi connectivity index (χ0v) is 21.5. The van der Waals surface area contributed by atoms with Gasteiger partial charge in [0.05, 0.1) is 17.1 Å². The molecule has 0 aliphatic carbocycles. The fraction of sp³-hybridized carbons (Fsp3) is 0.0278. The molecule has 0 radical (unpaired) electrons. The lowest BCUT2D eigenvalue weighted by atomic mass is 10.00. The zero-order chi connectivity index (χ0) is 26.6. The third-order valence-corrected chi connectivity index (χ3v) is 7.14. The molecule has 0 aliphatic heterocycles. The Balaban J connectivity index is 1.46. The van der Waals surface area contributed by atoms with E-state index in [0.717, 1.165) is 22.4 Å². The van der Waals surface area contributed by atoms with Crippen molar-refractivity contribution in [3.63, 3.8) is 0 Å². The van der Waals surface area contributed by atoms with Crippen molar-refractivity contribution in [1.82, 2.24) is 4.57 Å². The lowest BCUT2D eigenvalue weighted by molar-refractivity contribution is 1.18. The molecule has 1 aromatic heterocycles. The lowest BCUT2D eigenvalue weighted by Gasteiger charge is -2.10. The van der Waals surface area contributed by atoms with E-state index in [1.54, 1.807) is 6.08 Å². The molecule has 6 rings (SSSR count). The molecule has 0 spiro atoms. The minimum absolute atomic E-state index is 0.566. The summed E-state index contributed by atoms with van der Waals surface area (Å²) < 4.78 is 2.37. The summed E-state index contributed by atoms with van der Waals surface area (Å²) in [6.45, 7) is 0. The molecule has 0 saturated carbocycles. The second-order valence-corrected chi connectivity index (χ2v) is 9.53. The molecule has 0 unspecified atom stereocenters. The van der Waals surface area contributed by atoms with Crippen molar-refractivity contribution in [2.45, 2.75) is 6.42 Å². The average molecular weight is 502 g/mol. The van der Waals surface area contributed by atoms with E-state index < -0.39 is 0 Å². The molecule has 3 nitrogen and oxygen atoms in total. The Morgan fingerprint density at radius 3 is 1.77 bits per heavy atom. The molecule has 2 N–H and O–H groups in total. The normalized spacial score (nSPS) is 11.8. The third kappa shape index (κ3) is 4.72. The van der Waals surface area contributed by atoms with Crippen LogP contribution in [0.2, 0.25) is 0 Å². The number of hydrogen-bond donors (Lipinski definition) is 1. The topological polar surface area (TPSA) is 54.7 Å². The highest BCUT2D eigenvalue weighted by atomic mass is 15.0. The highest BCUT2D eigenvalue weighted by molar-refractivity contribution is 6.11. The van der Waals surface area contributed by atoms with Crippen molar-refractivity contribution < 1.29 is 0 Å². The minimum Gasteiger partial charge on any atom is -0.405 e. The van der Waals surface area contributed by atoms with Gasteiger partial charge in [0, 0.05) is 22.0 Å². The summed E-state index contributed by atoms with van der Waals surface area (Å²) in [5.41, 5.74) is 15.4. The molecule has 0 aliphatic rings. The number of para-hydroxylation sites is 1. The maximum Gasteiger partial charge on any atom is 0.0988 e. The SMILES string of the molecule is N#CC(/C=C\N)=C/Cc1ccc(-c2ccc3c4ccc(-c5ccccc5)cc4n(-c4ccccc4)c3c2)cc1. The Kier molecular flexibility index (Phi) is 6.52. The summed E-state index contributed by atoms with van der Waals surface area (Å²) in [5, 5.41) is 11.7. The van der Waals surface area contributed by atoms with Crippen molar-refractivity contribution in [2.75, 3.05) is 0 Å². The Hall–Kier alpha value is -5.33. The van der Waals surface area contributed by atoms with Gasteiger partial charge in [-0.3, -0.25) is 0 Å². The molecule has 3 heteroatoms. The van der Waals surface area contributed by atoms with E-state index in [0.29, 0.717) is 12.0 Å². The summed E-state index contributed by atoms with van der Waals surface area (Å²) in [6.07, 6.45) is 5.59. The average Bonchev–Trinajstić information content (AvgIpc) is 3.33. The fourth-order valence-electron chi connectivity index (χ4n) is 5.18. The maximum absolute atomic E-state index is 9.22. The van der Waals surface area contributed by atoms with Crippen LogP contribution in [0.3, 0.4) is 0 Å². The highest BCUT2D eigenvalue weighted by Gasteiger charge is 2.14. The molecule has 0 saturated heterocycles. The standard InChI is InChI=1S/C36H27N3/c37-22-21-27(25-38)12-11-26-13-15-29(16-14-26)31-18-20-34-33-19-17-30(28-7-3-1-4-8-28)23-35(33)39(36(34)24-31)32-9-5-2-6-10-32/h1-10,12-24H,11,37H2/b22-21-,27-12+. The summed E-state index contributed by atoms with van der Waals surface area (Å²) in [6, 6.07) is 45.3. The maximum atomic E-state index is 9.22. The molecular weight excluding hydrogens is 474 g/mol. The van der Waals surface area contributed by atoms with E-state index in [4.69, 9.17) is 5.73 Å². The van der Waals surface area contributed by atoms with Gasteiger partial charge in [-0.05, 0) is 70.8 Å². The second kappa shape index (κ2) is 10.6. The molecule has 39 heavy (non-hydrogen) atoms. The first-order valence-corrected chi connectivity index (χ1v) is 13.0. The van der Waals surface area contributed by atoms with Crippen LogP contribution in [0.15, 0.2) is 145 Å². The fourth-order valence-corrected chi connectivity index (χ4v) is 5.18. The largest absolute Gasteiger partial charge is 0.405 e. The van der Waals surface area contributed by atoms with E-state index in [2.05, 4.69) is 132 Å². The number of rotatable bonds is 6. The Morgan fingerprint density at radius 1 is 0.667 bits per heavy atom. The van der Waals surface area contributed by atoms with E-state index >= 15 is 0 Å². The van der Waals surface area contributed by atoms with E-state index in [1.165, 1.54) is 39.1 Å². The third-order valence-electron chi connectivity index (χ3n) is 7.14. The van der Waals surface area contributed by atoms with Crippen LogP contribution in [0, 0.1) is 11.3 Å². The molecule has 1 heterocycles. The van der Waals surface area contributed by atoms with Crippen LogP contribution in [-0.4, -0.2) is 4.57 Å². The van der Waals surface area contributed by atoms with Gasteiger partial charge in [0.15, 0.2) is 0 Å². The summed E-state index contributed by atoms with van der Waals surface area (Å²) >= 11 is 0. The smallest absolute Gasteiger partial charge is 0.0988 e. The molecule has 186 valence electrons. The molecule has 0 bridgehead atoms.